The molecule has 1 aromatic carbocycles. The van der Waals surface area contributed by atoms with Crippen LogP contribution in [-0.2, 0) is 23.5 Å². The summed E-state index contributed by atoms with van der Waals surface area (Å²) in [6.45, 7) is 1.69. The Hall–Kier alpha value is -1.93. The number of aryl methyl sites for hydroxylation is 1. The van der Waals surface area contributed by atoms with Gasteiger partial charge < -0.3 is 5.73 Å². The first-order valence-corrected chi connectivity index (χ1v) is 7.82. The molecular weight excluding hydrogens is 295 g/mol. The van der Waals surface area contributed by atoms with Gasteiger partial charge in [0, 0.05) is 43.2 Å². The quantitative estimate of drug-likeness (QED) is 0.805. The Balaban J connectivity index is 2.10. The van der Waals surface area contributed by atoms with Crippen molar-refractivity contribution in [2.75, 3.05) is 12.3 Å². The molecule has 0 bridgehead atoms. The van der Waals surface area contributed by atoms with Crippen molar-refractivity contribution in [2.24, 2.45) is 7.05 Å². The third-order valence-electron chi connectivity index (χ3n) is 3.26. The Kier molecular flexibility index (Phi) is 4.29. The normalized spacial score (nSPS) is 11.8. The van der Waals surface area contributed by atoms with E-state index in [4.69, 9.17) is 5.73 Å². The van der Waals surface area contributed by atoms with Gasteiger partial charge in [-0.25, -0.2) is 17.5 Å². The smallest absolute Gasteiger partial charge is 0.240 e. The maximum absolute atomic E-state index is 13.6. The van der Waals surface area contributed by atoms with Gasteiger partial charge in [-0.05, 0) is 25.1 Å². The average molecular weight is 312 g/mol. The number of nitrogens with two attached hydrogens (primary N) is 1. The highest BCUT2D eigenvalue weighted by Gasteiger charge is 2.17. The maximum Gasteiger partial charge on any atom is 0.240 e. The first-order chi connectivity index (χ1) is 9.81. The number of hydrogen-bond acceptors (Lipinski definition) is 4. The summed E-state index contributed by atoms with van der Waals surface area (Å²) < 4.78 is 41.9. The third kappa shape index (κ3) is 3.40. The van der Waals surface area contributed by atoms with Gasteiger partial charge in [0.1, 0.15) is 5.82 Å². The van der Waals surface area contributed by atoms with Crippen LogP contribution < -0.4 is 10.5 Å². The number of aromatic nitrogens is 2. The van der Waals surface area contributed by atoms with E-state index in [1.807, 2.05) is 0 Å². The summed E-state index contributed by atoms with van der Waals surface area (Å²) >= 11 is 0. The van der Waals surface area contributed by atoms with E-state index in [-0.39, 0.29) is 22.7 Å². The van der Waals surface area contributed by atoms with Crippen LogP contribution in [0, 0.1) is 12.7 Å². The molecule has 21 heavy (non-hydrogen) atoms. The number of rotatable bonds is 5. The SMILES string of the molecule is Cc1c(N)cc(S(=O)(=O)NCCc2ccnn2C)cc1F. The second-order valence-corrected chi connectivity index (χ2v) is 6.48. The molecule has 6 nitrogen and oxygen atoms in total. The van der Waals surface area contributed by atoms with Gasteiger partial charge in [0.2, 0.25) is 10.0 Å². The van der Waals surface area contributed by atoms with Gasteiger partial charge in [-0.3, -0.25) is 4.68 Å². The molecule has 0 amide bonds. The van der Waals surface area contributed by atoms with Crippen LogP contribution in [0.5, 0.6) is 0 Å². The number of nitrogens with one attached hydrogen (secondary N) is 1. The highest BCUT2D eigenvalue weighted by Crippen LogP contribution is 2.20. The first-order valence-electron chi connectivity index (χ1n) is 6.33. The van der Waals surface area contributed by atoms with E-state index in [0.29, 0.717) is 6.42 Å². The minimum atomic E-state index is -3.79. The number of halogens is 1. The fourth-order valence-corrected chi connectivity index (χ4v) is 2.95. The van der Waals surface area contributed by atoms with E-state index in [1.54, 1.807) is 24.0 Å². The van der Waals surface area contributed by atoms with Gasteiger partial charge in [0.25, 0.3) is 0 Å². The molecule has 1 heterocycles. The van der Waals surface area contributed by atoms with E-state index in [0.717, 1.165) is 11.8 Å². The van der Waals surface area contributed by atoms with Gasteiger partial charge >= 0.3 is 0 Å². The summed E-state index contributed by atoms with van der Waals surface area (Å²) in [6, 6.07) is 4.03. The van der Waals surface area contributed by atoms with Crippen LogP contribution >= 0.6 is 0 Å². The van der Waals surface area contributed by atoms with Crippen LogP contribution in [0.1, 0.15) is 11.3 Å². The molecular formula is C13H17FN4O2S. The van der Waals surface area contributed by atoms with Crippen LogP contribution in [0.2, 0.25) is 0 Å². The molecule has 0 saturated carbocycles. The van der Waals surface area contributed by atoms with Crippen molar-refractivity contribution in [3.63, 3.8) is 0 Å². The van der Waals surface area contributed by atoms with E-state index in [9.17, 15) is 12.8 Å². The van der Waals surface area contributed by atoms with Crippen molar-refractivity contribution in [1.82, 2.24) is 14.5 Å². The van der Waals surface area contributed by atoms with Gasteiger partial charge in [-0.15, -0.1) is 0 Å². The Morgan fingerprint density at radius 1 is 1.43 bits per heavy atom. The van der Waals surface area contributed by atoms with E-state index < -0.39 is 15.8 Å². The standard InChI is InChI=1S/C13H17FN4O2S/c1-9-12(14)7-11(8-13(9)15)21(19,20)17-6-4-10-3-5-16-18(10)2/h3,5,7-8,17H,4,6,15H2,1-2H3. The topological polar surface area (TPSA) is 90.0 Å². The molecule has 114 valence electrons. The van der Waals surface area contributed by atoms with Gasteiger partial charge in [-0.1, -0.05) is 0 Å². The lowest BCUT2D eigenvalue weighted by Crippen LogP contribution is -2.26. The molecule has 2 aromatic rings. The molecule has 0 atom stereocenters. The Bertz CT molecular complexity index is 732. The predicted octanol–water partition coefficient (Wildman–Crippen LogP) is 0.971. The zero-order valence-corrected chi connectivity index (χ0v) is 12.6. The minimum Gasteiger partial charge on any atom is -0.398 e. The number of benzene rings is 1. The van der Waals surface area contributed by atoms with Crippen LogP contribution in [0.3, 0.4) is 0 Å². The molecule has 1 aromatic heterocycles. The summed E-state index contributed by atoms with van der Waals surface area (Å²) in [6.07, 6.45) is 2.12. The van der Waals surface area contributed by atoms with Crippen LogP contribution in [0.4, 0.5) is 10.1 Å². The monoisotopic (exact) mass is 312 g/mol. The summed E-state index contributed by atoms with van der Waals surface area (Å²) in [5.41, 5.74) is 6.85. The van der Waals surface area contributed by atoms with Crippen molar-refractivity contribution in [2.45, 2.75) is 18.2 Å². The van der Waals surface area contributed by atoms with Crippen molar-refractivity contribution in [3.05, 3.63) is 41.5 Å². The van der Waals surface area contributed by atoms with Crippen LogP contribution in [0.15, 0.2) is 29.3 Å². The van der Waals surface area contributed by atoms with Crippen LogP contribution in [-0.4, -0.2) is 24.7 Å². The molecule has 0 saturated heterocycles. The lowest BCUT2D eigenvalue weighted by Gasteiger charge is -2.09. The van der Waals surface area contributed by atoms with Crippen molar-refractivity contribution < 1.29 is 12.8 Å². The summed E-state index contributed by atoms with van der Waals surface area (Å²) in [5, 5.41) is 4.00. The lowest BCUT2D eigenvalue weighted by atomic mass is 10.2. The van der Waals surface area contributed by atoms with E-state index in [1.165, 1.54) is 13.0 Å². The number of nitrogens with zero attached hydrogens (tertiary/aromatic N) is 2. The van der Waals surface area contributed by atoms with Crippen molar-refractivity contribution >= 4 is 15.7 Å². The van der Waals surface area contributed by atoms with Gasteiger partial charge in [0.15, 0.2) is 0 Å². The Morgan fingerprint density at radius 3 is 2.71 bits per heavy atom. The highest BCUT2D eigenvalue weighted by molar-refractivity contribution is 7.89. The number of sulfonamides is 1. The molecule has 0 spiro atoms. The lowest BCUT2D eigenvalue weighted by molar-refractivity contribution is 0.575. The number of anilines is 1. The van der Waals surface area contributed by atoms with Gasteiger partial charge in [0.05, 0.1) is 4.90 Å². The molecule has 0 aliphatic heterocycles. The Morgan fingerprint density at radius 2 is 2.14 bits per heavy atom. The highest BCUT2D eigenvalue weighted by atomic mass is 32.2. The zero-order valence-electron chi connectivity index (χ0n) is 11.8. The Labute approximate surface area is 122 Å². The fraction of sp³-hybridized carbons (Fsp3) is 0.308. The molecule has 0 fully saturated rings. The molecule has 3 N–H and O–H groups in total. The van der Waals surface area contributed by atoms with E-state index >= 15 is 0 Å². The molecule has 0 unspecified atom stereocenters. The van der Waals surface area contributed by atoms with E-state index in [2.05, 4.69) is 9.82 Å². The van der Waals surface area contributed by atoms with Gasteiger partial charge in [-0.2, -0.15) is 5.10 Å². The largest absolute Gasteiger partial charge is 0.398 e. The first kappa shape index (κ1) is 15.5. The number of hydrogen-bond donors (Lipinski definition) is 2. The maximum atomic E-state index is 13.6. The molecule has 0 aliphatic rings. The predicted molar refractivity (Wildman–Crippen MR) is 77.6 cm³/mol. The minimum absolute atomic E-state index is 0.113. The summed E-state index contributed by atoms with van der Waals surface area (Å²) in [7, 11) is -2.01. The second-order valence-electron chi connectivity index (χ2n) is 4.71. The molecule has 0 aliphatic carbocycles. The summed E-state index contributed by atoms with van der Waals surface area (Å²) in [5.74, 6) is -0.637. The molecule has 2 rings (SSSR count). The second kappa shape index (κ2) is 5.82. The average Bonchev–Trinajstić information content (AvgIpc) is 2.81. The third-order valence-corrected chi connectivity index (χ3v) is 4.70. The van der Waals surface area contributed by atoms with Crippen molar-refractivity contribution in [3.8, 4) is 0 Å². The molecule has 0 radical (unpaired) electrons. The molecule has 8 heteroatoms. The summed E-state index contributed by atoms with van der Waals surface area (Å²) in [4.78, 5) is -0.173. The van der Waals surface area contributed by atoms with Crippen LogP contribution in [0.25, 0.3) is 0 Å². The fourth-order valence-electron chi connectivity index (χ4n) is 1.87. The zero-order chi connectivity index (χ0) is 15.6. The van der Waals surface area contributed by atoms with Crippen molar-refractivity contribution in [1.29, 1.82) is 0 Å². The number of nitrogen functional groups attached to an aromatic ring is 1.